The monoisotopic (exact) mass is 208 g/mol. The van der Waals surface area contributed by atoms with Crippen molar-refractivity contribution in [1.82, 2.24) is 9.55 Å². The molecule has 1 aromatic heterocycles. The van der Waals surface area contributed by atoms with Crippen LogP contribution in [0.15, 0.2) is 30.5 Å². The van der Waals surface area contributed by atoms with Crippen LogP contribution < -0.4 is 0 Å². The maximum Gasteiger partial charge on any atom is 0.182 e. The fourth-order valence-electron chi connectivity index (χ4n) is 1.39. The summed E-state index contributed by atoms with van der Waals surface area (Å²) in [6, 6.07) is 6.35. The van der Waals surface area contributed by atoms with Crippen LogP contribution in [0.3, 0.4) is 0 Å². The molecule has 0 saturated carbocycles. The van der Waals surface area contributed by atoms with E-state index in [9.17, 15) is 4.39 Å². The molecule has 0 saturated heterocycles. The van der Waals surface area contributed by atoms with E-state index >= 15 is 0 Å². The zero-order valence-electron chi connectivity index (χ0n) is 7.62. The van der Waals surface area contributed by atoms with E-state index in [1.165, 1.54) is 12.1 Å². The third-order valence-corrected chi connectivity index (χ3v) is 2.33. The van der Waals surface area contributed by atoms with Gasteiger partial charge in [-0.2, -0.15) is 0 Å². The topological polar surface area (TPSA) is 20.7 Å². The van der Waals surface area contributed by atoms with Gasteiger partial charge in [0.05, 0.1) is 5.69 Å². The van der Waals surface area contributed by atoms with Gasteiger partial charge in [-0.3, -0.25) is 4.57 Å². The predicted molar refractivity (Wildman–Crippen MR) is 55.6 cm³/mol. The number of imidazole rings is 1. The van der Waals surface area contributed by atoms with E-state index < -0.39 is 0 Å². The Morgan fingerprint density at radius 2 is 2.21 bits per heavy atom. The van der Waals surface area contributed by atoms with Gasteiger partial charge < -0.3 is 4.98 Å². The highest BCUT2D eigenvalue weighted by Gasteiger charge is 2.02. The van der Waals surface area contributed by atoms with Crippen LogP contribution >= 0.6 is 12.2 Å². The Balaban J connectivity index is 2.66. The molecule has 0 radical (unpaired) electrons. The van der Waals surface area contributed by atoms with Crippen molar-refractivity contribution < 1.29 is 4.39 Å². The zero-order chi connectivity index (χ0) is 10.1. The molecule has 0 atom stereocenters. The van der Waals surface area contributed by atoms with E-state index in [1.807, 2.05) is 13.0 Å². The quantitative estimate of drug-likeness (QED) is 0.714. The van der Waals surface area contributed by atoms with Crippen molar-refractivity contribution in [2.24, 2.45) is 0 Å². The summed E-state index contributed by atoms with van der Waals surface area (Å²) in [7, 11) is 0. The molecule has 4 heteroatoms. The van der Waals surface area contributed by atoms with Gasteiger partial charge in [-0.1, -0.05) is 6.07 Å². The van der Waals surface area contributed by atoms with Gasteiger partial charge in [0.1, 0.15) is 5.82 Å². The Bertz CT molecular complexity index is 513. The lowest BCUT2D eigenvalue weighted by atomic mass is 10.3. The van der Waals surface area contributed by atoms with Crippen LogP contribution in [-0.4, -0.2) is 9.55 Å². The van der Waals surface area contributed by atoms with E-state index in [-0.39, 0.29) is 5.82 Å². The first-order chi connectivity index (χ1) is 6.68. The molecule has 2 nitrogen and oxygen atoms in total. The molecule has 0 unspecified atom stereocenters. The lowest BCUT2D eigenvalue weighted by molar-refractivity contribution is 0.626. The molecule has 1 aromatic carbocycles. The fraction of sp³-hybridized carbons (Fsp3) is 0.100. The highest BCUT2D eigenvalue weighted by molar-refractivity contribution is 7.71. The van der Waals surface area contributed by atoms with Crippen molar-refractivity contribution in [1.29, 1.82) is 0 Å². The third kappa shape index (κ3) is 1.48. The van der Waals surface area contributed by atoms with Crippen LogP contribution in [0, 0.1) is 17.5 Å². The van der Waals surface area contributed by atoms with Gasteiger partial charge in [-0.25, -0.2) is 4.39 Å². The average molecular weight is 208 g/mol. The van der Waals surface area contributed by atoms with Crippen LogP contribution in [-0.2, 0) is 0 Å². The van der Waals surface area contributed by atoms with Crippen LogP contribution in [0.5, 0.6) is 0 Å². The Hall–Kier alpha value is -1.42. The molecule has 1 N–H and O–H groups in total. The minimum absolute atomic E-state index is 0.259. The Morgan fingerprint density at radius 1 is 1.43 bits per heavy atom. The zero-order valence-corrected chi connectivity index (χ0v) is 8.44. The molecule has 0 spiro atoms. The summed E-state index contributed by atoms with van der Waals surface area (Å²) in [4.78, 5) is 2.91. The van der Waals surface area contributed by atoms with E-state index in [1.54, 1.807) is 16.8 Å². The first kappa shape index (κ1) is 9.15. The number of aryl methyl sites for hydroxylation is 1. The standard InChI is InChI=1S/C10H9FN2S/c1-7-6-12-10(14)13(7)9-4-2-3-8(11)5-9/h2-6H,1H3,(H,12,14). The Morgan fingerprint density at radius 3 is 2.79 bits per heavy atom. The van der Waals surface area contributed by atoms with Crippen molar-refractivity contribution >= 4 is 12.2 Å². The number of hydrogen-bond acceptors (Lipinski definition) is 1. The summed E-state index contributed by atoms with van der Waals surface area (Å²) in [5, 5.41) is 0. The summed E-state index contributed by atoms with van der Waals surface area (Å²) in [6.07, 6.45) is 1.80. The van der Waals surface area contributed by atoms with E-state index in [4.69, 9.17) is 12.2 Å². The smallest absolute Gasteiger partial charge is 0.182 e. The minimum atomic E-state index is -0.259. The van der Waals surface area contributed by atoms with Crippen molar-refractivity contribution in [3.8, 4) is 5.69 Å². The minimum Gasteiger partial charge on any atom is -0.337 e. The van der Waals surface area contributed by atoms with E-state index in [0.29, 0.717) is 4.77 Å². The number of nitrogens with zero attached hydrogens (tertiary/aromatic N) is 1. The molecular weight excluding hydrogens is 199 g/mol. The second-order valence-electron chi connectivity index (χ2n) is 3.05. The summed E-state index contributed by atoms with van der Waals surface area (Å²) in [5.74, 6) is -0.259. The van der Waals surface area contributed by atoms with Gasteiger partial charge >= 0.3 is 0 Å². The van der Waals surface area contributed by atoms with E-state index in [0.717, 1.165) is 11.4 Å². The van der Waals surface area contributed by atoms with Crippen LogP contribution in [0.25, 0.3) is 5.69 Å². The molecule has 0 fully saturated rings. The number of halogens is 1. The average Bonchev–Trinajstić information content (AvgIpc) is 2.46. The molecule has 0 amide bonds. The highest BCUT2D eigenvalue weighted by atomic mass is 32.1. The molecule has 2 aromatic rings. The summed E-state index contributed by atoms with van der Waals surface area (Å²) in [6.45, 7) is 1.91. The van der Waals surface area contributed by atoms with Gasteiger partial charge in [-0.15, -0.1) is 0 Å². The van der Waals surface area contributed by atoms with Gasteiger partial charge in [0.15, 0.2) is 4.77 Å². The van der Waals surface area contributed by atoms with Crippen molar-refractivity contribution in [2.75, 3.05) is 0 Å². The fourth-order valence-corrected chi connectivity index (χ4v) is 1.70. The first-order valence-corrected chi connectivity index (χ1v) is 4.62. The number of H-pyrrole nitrogens is 1. The largest absolute Gasteiger partial charge is 0.337 e. The molecule has 1 heterocycles. The number of benzene rings is 1. The Kier molecular flexibility index (Phi) is 2.21. The number of rotatable bonds is 1. The summed E-state index contributed by atoms with van der Waals surface area (Å²) in [5.41, 5.74) is 1.70. The van der Waals surface area contributed by atoms with E-state index in [2.05, 4.69) is 4.98 Å². The Labute approximate surface area is 86.0 Å². The molecule has 72 valence electrons. The first-order valence-electron chi connectivity index (χ1n) is 4.21. The van der Waals surface area contributed by atoms with Crippen LogP contribution in [0.4, 0.5) is 4.39 Å². The molecular formula is C10H9FN2S. The molecule has 0 aliphatic heterocycles. The number of hydrogen-bond donors (Lipinski definition) is 1. The lowest BCUT2D eigenvalue weighted by Gasteiger charge is -2.04. The second kappa shape index (κ2) is 3.38. The molecule has 2 rings (SSSR count). The van der Waals surface area contributed by atoms with Gasteiger partial charge in [-0.05, 0) is 37.3 Å². The number of nitrogens with one attached hydrogen (secondary N) is 1. The lowest BCUT2D eigenvalue weighted by Crippen LogP contribution is -1.96. The van der Waals surface area contributed by atoms with Crippen molar-refractivity contribution in [2.45, 2.75) is 6.92 Å². The number of aromatic amines is 1. The maximum atomic E-state index is 13.0. The van der Waals surface area contributed by atoms with Crippen LogP contribution in [0.2, 0.25) is 0 Å². The maximum absolute atomic E-state index is 13.0. The summed E-state index contributed by atoms with van der Waals surface area (Å²) >= 11 is 5.08. The highest BCUT2D eigenvalue weighted by Crippen LogP contribution is 2.12. The SMILES string of the molecule is Cc1c[nH]c(=S)n1-c1cccc(F)c1. The van der Waals surface area contributed by atoms with Crippen molar-refractivity contribution in [3.63, 3.8) is 0 Å². The molecule has 0 bridgehead atoms. The van der Waals surface area contributed by atoms with Gasteiger partial charge in [0, 0.05) is 11.9 Å². The summed E-state index contributed by atoms with van der Waals surface area (Å²) < 4.78 is 15.3. The predicted octanol–water partition coefficient (Wildman–Crippen LogP) is 2.98. The normalized spacial score (nSPS) is 10.4. The second-order valence-corrected chi connectivity index (χ2v) is 3.44. The molecule has 14 heavy (non-hydrogen) atoms. The third-order valence-electron chi connectivity index (χ3n) is 2.03. The molecule has 0 aliphatic carbocycles. The van der Waals surface area contributed by atoms with Crippen LogP contribution in [0.1, 0.15) is 5.69 Å². The van der Waals surface area contributed by atoms with Crippen molar-refractivity contribution in [3.05, 3.63) is 46.7 Å². The van der Waals surface area contributed by atoms with Gasteiger partial charge in [0.25, 0.3) is 0 Å². The number of aromatic nitrogens is 2. The van der Waals surface area contributed by atoms with Gasteiger partial charge in [0.2, 0.25) is 0 Å². The molecule has 0 aliphatic rings.